The third kappa shape index (κ3) is 9.43. The molecule has 79 heavy (non-hydrogen) atoms. The zero-order valence-electron chi connectivity index (χ0n) is 46.5. The number of ether oxygens (including phenoxy) is 15. The highest BCUT2D eigenvalue weighted by Crippen LogP contribution is 2.58. The summed E-state index contributed by atoms with van der Waals surface area (Å²) in [7, 11) is 0. The van der Waals surface area contributed by atoms with Gasteiger partial charge in [-0.3, -0.25) is 4.79 Å². The van der Waals surface area contributed by atoms with Crippen LogP contribution in [0.5, 0.6) is 0 Å². The van der Waals surface area contributed by atoms with Crippen molar-refractivity contribution in [3.05, 3.63) is 24.3 Å². The monoisotopic (exact) mass is 1110 g/mol. The number of carbonyl (C=O) groups is 1. The van der Waals surface area contributed by atoms with Crippen molar-refractivity contribution < 1.29 is 91.2 Å². The van der Waals surface area contributed by atoms with Gasteiger partial charge in [-0.2, -0.15) is 0 Å². The molecule has 32 atom stereocenters. The van der Waals surface area contributed by atoms with Crippen molar-refractivity contribution in [1.29, 1.82) is 0 Å². The average molecular weight is 1110 g/mol. The molecule has 0 aromatic heterocycles. The first-order valence-electron chi connectivity index (χ1n) is 30.8. The lowest BCUT2D eigenvalue weighted by Crippen LogP contribution is -2.62. The zero-order valence-corrected chi connectivity index (χ0v) is 46.5. The van der Waals surface area contributed by atoms with Crippen LogP contribution in [0, 0.1) is 23.7 Å². The van der Waals surface area contributed by atoms with E-state index in [1.54, 1.807) is 0 Å². The highest BCUT2D eigenvalue weighted by atomic mass is 16.8. The normalized spacial score (nSPS) is 57.2. The van der Waals surface area contributed by atoms with Gasteiger partial charge in [-0.1, -0.05) is 40.9 Å². The van der Waals surface area contributed by atoms with Gasteiger partial charge in [0.1, 0.15) is 36.6 Å². The molecule has 0 radical (unpaired) electrons. The SMILES string of the molecule is C=C1C[C@@H]2CCC34C[C@@H]5O[C@H]6[C@@H](O3)[C@H]3O[C@H](CC[C@@H]3O[C@H]6[C@@H]5O4)CC(=O)O[C@@H]3[C@@H](C)[C@@H]4O[C@@H]5C[C@]6(C[C@@H]7O[C@]8(C[C@H](C)[C@@H]9O[C@H]([C@@H](O)C[C@@H](O)CO)C[C@@H]9O8)C[C@H](C)[C@@H]7O6)O[C@@H]5C[C@@H]4O[C@H]3C[C@H]3O[C@@H](CC[C@@H]1O2)C[C@@H](C)C3=C. The number of hydrogen-bond donors (Lipinski definition) is 3. The number of carbonyl (C=O) groups excluding carboxylic acids is 1. The summed E-state index contributed by atoms with van der Waals surface area (Å²) in [4.78, 5) is 14.6. The Morgan fingerprint density at radius 2 is 1.18 bits per heavy atom. The van der Waals surface area contributed by atoms with Crippen molar-refractivity contribution >= 4 is 5.97 Å². The van der Waals surface area contributed by atoms with Gasteiger partial charge in [0.2, 0.25) is 0 Å². The van der Waals surface area contributed by atoms with E-state index >= 15 is 0 Å². The third-order valence-electron chi connectivity index (χ3n) is 21.9. The summed E-state index contributed by atoms with van der Waals surface area (Å²) in [5.74, 6) is -2.77. The van der Waals surface area contributed by atoms with E-state index in [0.717, 1.165) is 49.7 Å². The second-order valence-electron chi connectivity index (χ2n) is 27.5. The van der Waals surface area contributed by atoms with E-state index in [4.69, 9.17) is 71.1 Å². The van der Waals surface area contributed by atoms with Crippen LogP contribution < -0.4 is 0 Å². The van der Waals surface area contributed by atoms with Crippen LogP contribution >= 0.6 is 0 Å². The van der Waals surface area contributed by atoms with Gasteiger partial charge in [0.25, 0.3) is 0 Å². The van der Waals surface area contributed by atoms with Crippen LogP contribution in [0.25, 0.3) is 0 Å². The molecule has 16 aliphatic heterocycles. The molecular weight excluding hydrogens is 1020 g/mol. The van der Waals surface area contributed by atoms with Crippen LogP contribution in [-0.2, 0) is 75.8 Å². The van der Waals surface area contributed by atoms with Crippen LogP contribution in [0.1, 0.15) is 143 Å². The Kier molecular flexibility index (Phi) is 13.8. The minimum absolute atomic E-state index is 0.0143. The molecule has 16 fully saturated rings. The topological polar surface area (TPSA) is 216 Å². The molecule has 0 aliphatic carbocycles. The van der Waals surface area contributed by atoms with Gasteiger partial charge in [0.05, 0.1) is 129 Å². The predicted molar refractivity (Wildman–Crippen MR) is 274 cm³/mol. The van der Waals surface area contributed by atoms with Crippen molar-refractivity contribution in [1.82, 2.24) is 0 Å². The van der Waals surface area contributed by atoms with Crippen LogP contribution in [0.2, 0.25) is 0 Å². The first-order valence-corrected chi connectivity index (χ1v) is 30.8. The molecule has 16 rings (SSSR count). The van der Waals surface area contributed by atoms with Crippen molar-refractivity contribution in [3.8, 4) is 0 Å². The Morgan fingerprint density at radius 1 is 0.506 bits per heavy atom. The first kappa shape index (κ1) is 54.0. The largest absolute Gasteiger partial charge is 0.459 e. The molecule has 19 heteroatoms. The number of aliphatic hydroxyl groups excluding tert-OH is 3. The summed E-state index contributed by atoms with van der Waals surface area (Å²) in [5.41, 5.74) is 2.15. The van der Waals surface area contributed by atoms with Gasteiger partial charge in [0.15, 0.2) is 17.4 Å². The van der Waals surface area contributed by atoms with Crippen molar-refractivity contribution in [3.63, 3.8) is 0 Å². The molecular formula is C60H86O19. The maximum absolute atomic E-state index is 14.6. The molecule has 19 nitrogen and oxygen atoms in total. The van der Waals surface area contributed by atoms with Crippen LogP contribution in [0.3, 0.4) is 0 Å². The second-order valence-corrected chi connectivity index (χ2v) is 27.5. The number of aliphatic hydroxyl groups is 3. The minimum Gasteiger partial charge on any atom is -0.459 e. The first-order chi connectivity index (χ1) is 38.0. The van der Waals surface area contributed by atoms with Crippen LogP contribution in [0.4, 0.5) is 0 Å². The van der Waals surface area contributed by atoms with Crippen LogP contribution in [-0.4, -0.2) is 198 Å². The van der Waals surface area contributed by atoms with E-state index in [1.165, 1.54) is 0 Å². The molecule has 0 saturated carbocycles. The Morgan fingerprint density at radius 3 is 2.03 bits per heavy atom. The van der Waals surface area contributed by atoms with Crippen molar-refractivity contribution in [2.45, 2.75) is 313 Å². The van der Waals surface area contributed by atoms with Gasteiger partial charge < -0.3 is 86.4 Å². The third-order valence-corrected chi connectivity index (χ3v) is 21.9. The van der Waals surface area contributed by atoms with E-state index in [-0.39, 0.29) is 146 Å². The maximum atomic E-state index is 14.6. The Labute approximate surface area is 463 Å². The van der Waals surface area contributed by atoms with Crippen molar-refractivity contribution in [2.24, 2.45) is 23.7 Å². The fourth-order valence-electron chi connectivity index (χ4n) is 18.2. The Balaban J connectivity index is 0.655. The lowest BCUT2D eigenvalue weighted by atomic mass is 9.79. The van der Waals surface area contributed by atoms with E-state index < -0.39 is 72.8 Å². The highest BCUT2D eigenvalue weighted by molar-refractivity contribution is 5.70. The van der Waals surface area contributed by atoms with Crippen molar-refractivity contribution in [2.75, 3.05) is 6.61 Å². The summed E-state index contributed by atoms with van der Waals surface area (Å²) in [5, 5.41) is 30.3. The van der Waals surface area contributed by atoms with Gasteiger partial charge in [-0.05, 0) is 73.8 Å². The van der Waals surface area contributed by atoms with Crippen LogP contribution in [0.15, 0.2) is 24.3 Å². The molecule has 0 amide bonds. The van der Waals surface area contributed by atoms with E-state index in [1.807, 2.05) is 0 Å². The van der Waals surface area contributed by atoms with Gasteiger partial charge >= 0.3 is 5.97 Å². The number of rotatable bonds is 4. The number of fused-ring (bicyclic) bond motifs is 10. The average Bonchev–Trinajstić information content (AvgIpc) is 4.25. The van der Waals surface area contributed by atoms with Gasteiger partial charge in [-0.25, -0.2) is 0 Å². The molecule has 0 aromatic rings. The van der Waals surface area contributed by atoms with Gasteiger partial charge in [-0.15, -0.1) is 0 Å². The second kappa shape index (κ2) is 20.2. The maximum Gasteiger partial charge on any atom is 0.308 e. The lowest BCUT2D eigenvalue weighted by Gasteiger charge is -2.50. The summed E-state index contributed by atoms with van der Waals surface area (Å²) in [6.07, 6.45) is 2.17. The Hall–Kier alpha value is -1.73. The molecule has 16 heterocycles. The highest BCUT2D eigenvalue weighted by Gasteiger charge is 2.70. The predicted octanol–water partition coefficient (Wildman–Crippen LogP) is 4.93. The summed E-state index contributed by atoms with van der Waals surface area (Å²) in [6.45, 7) is 17.4. The quantitative estimate of drug-likeness (QED) is 0.251. The standard InChI is InChI=1S/C60H86O19/c1-26-13-33-7-9-37-27(2)14-35(65-37)11-12-58-23-46-54(78-58)55-56(72-46)57(79-58)53-38(69-55)10-8-34(67-53)16-48(64)73-52-31(6)51-43(68-42(52)17-39(66-33)30(26)5)19-41-45(71-51)22-60(74-41)24-47-50(77-60)29(4)21-59(76-47)20-28(3)49-44(75-59)18-40(70-49)36(63)15-32(62)25-61/h26,28-29,31-47,49-57,61-63H,2,5,7-25H2,1,3-4,6H3/t26-,28+,29+,31+,32-,33+,34-,35+,36+,37+,38+,39-,40+,41-,42+,43+,44+,45-,46+,47+,49+,50+,51+,52-,53+,54-,55+,56-,57+,58?,59-,60+/m1/s1. The summed E-state index contributed by atoms with van der Waals surface area (Å²) in [6, 6.07) is 0. The molecule has 16 saturated heterocycles. The molecule has 0 aromatic carbocycles. The fraction of sp³-hybridized carbons (Fsp3) is 0.917. The fourth-order valence-corrected chi connectivity index (χ4v) is 18.2. The molecule has 1 unspecified atom stereocenters. The lowest BCUT2D eigenvalue weighted by molar-refractivity contribution is -0.347. The molecule has 3 N–H and O–H groups in total. The van der Waals surface area contributed by atoms with E-state index in [2.05, 4.69) is 40.9 Å². The molecule has 440 valence electrons. The Bertz CT molecular complexity index is 2340. The van der Waals surface area contributed by atoms with E-state index in [0.29, 0.717) is 64.2 Å². The number of hydrogen-bond acceptors (Lipinski definition) is 19. The minimum atomic E-state index is -1.02. The molecule has 3 spiro atoms. The summed E-state index contributed by atoms with van der Waals surface area (Å²) >= 11 is 0. The van der Waals surface area contributed by atoms with E-state index in [9.17, 15) is 20.1 Å². The molecule has 12 bridgehead atoms. The number of esters is 1. The molecule has 16 aliphatic rings. The summed E-state index contributed by atoms with van der Waals surface area (Å²) < 4.78 is 104. The smallest absolute Gasteiger partial charge is 0.308 e. The van der Waals surface area contributed by atoms with Gasteiger partial charge in [0, 0.05) is 70.1 Å². The zero-order chi connectivity index (χ0) is 54.0.